The van der Waals surface area contributed by atoms with Gasteiger partial charge in [-0.05, 0) is 18.3 Å². The van der Waals surface area contributed by atoms with Gasteiger partial charge in [0.25, 0.3) is 0 Å². The number of hydrogen-bond acceptors (Lipinski definition) is 2. The van der Waals surface area contributed by atoms with Gasteiger partial charge in [0.2, 0.25) is 0 Å². The lowest BCUT2D eigenvalue weighted by Gasteiger charge is -2.31. The third-order valence-corrected chi connectivity index (χ3v) is 2.77. The molecule has 0 fully saturated rings. The van der Waals surface area contributed by atoms with Crippen molar-refractivity contribution < 1.29 is 9.53 Å². The molecule has 0 spiro atoms. The molecule has 0 amide bonds. The smallest absolute Gasteiger partial charge is 0.308 e. The van der Waals surface area contributed by atoms with Gasteiger partial charge >= 0.3 is 5.97 Å². The first kappa shape index (κ1) is 12.5. The zero-order chi connectivity index (χ0) is 10.6. The summed E-state index contributed by atoms with van der Waals surface area (Å²) in [7, 11) is 0. The van der Waals surface area contributed by atoms with Crippen molar-refractivity contribution in [1.29, 1.82) is 0 Å². The summed E-state index contributed by atoms with van der Waals surface area (Å²) < 4.78 is 4.98. The first-order chi connectivity index (χ1) is 5.80. The van der Waals surface area contributed by atoms with Crippen LogP contribution in [0.5, 0.6) is 0 Å². The molecule has 0 aromatic carbocycles. The second-order valence-corrected chi connectivity index (χ2v) is 4.70. The van der Waals surface area contributed by atoms with Gasteiger partial charge < -0.3 is 4.74 Å². The van der Waals surface area contributed by atoms with E-state index in [1.54, 1.807) is 0 Å². The molecule has 2 heteroatoms. The maximum atomic E-state index is 11.4. The fourth-order valence-corrected chi connectivity index (χ4v) is 1.23. The molecule has 0 aliphatic heterocycles. The molecule has 0 aliphatic rings. The summed E-state index contributed by atoms with van der Waals surface area (Å²) in [6, 6.07) is 0. The summed E-state index contributed by atoms with van der Waals surface area (Å²) in [4.78, 5) is 11.4. The third kappa shape index (κ3) is 3.79. The Balaban J connectivity index is 4.25. The molecule has 0 unspecified atom stereocenters. The highest BCUT2D eigenvalue weighted by atomic mass is 16.5. The summed E-state index contributed by atoms with van der Waals surface area (Å²) in [5.74, 6) is 0.247. The second kappa shape index (κ2) is 4.64. The van der Waals surface area contributed by atoms with Crippen LogP contribution in [-0.4, -0.2) is 12.6 Å². The van der Waals surface area contributed by atoms with Crippen LogP contribution in [0.3, 0.4) is 0 Å². The van der Waals surface area contributed by atoms with Crippen LogP contribution < -0.4 is 0 Å². The van der Waals surface area contributed by atoms with Gasteiger partial charge in [0.05, 0.1) is 12.5 Å². The molecule has 2 atom stereocenters. The molecule has 2 nitrogen and oxygen atoms in total. The highest BCUT2D eigenvalue weighted by Gasteiger charge is 2.30. The Morgan fingerprint density at radius 2 is 1.77 bits per heavy atom. The van der Waals surface area contributed by atoms with Crippen LogP contribution in [0, 0.1) is 17.3 Å². The topological polar surface area (TPSA) is 26.3 Å². The predicted molar refractivity (Wildman–Crippen MR) is 54.4 cm³/mol. The molecule has 78 valence electrons. The van der Waals surface area contributed by atoms with Crippen molar-refractivity contribution in [1.82, 2.24) is 0 Å². The minimum atomic E-state index is -0.0788. The molecule has 0 aromatic rings. The largest absolute Gasteiger partial charge is 0.466 e. The Labute approximate surface area is 81.7 Å². The lowest BCUT2D eigenvalue weighted by atomic mass is 9.75. The van der Waals surface area contributed by atoms with Crippen molar-refractivity contribution in [2.24, 2.45) is 17.3 Å². The van der Waals surface area contributed by atoms with Gasteiger partial charge in [-0.1, -0.05) is 34.6 Å². The maximum absolute atomic E-state index is 11.4. The van der Waals surface area contributed by atoms with E-state index in [0.717, 1.165) is 0 Å². The van der Waals surface area contributed by atoms with E-state index in [9.17, 15) is 4.79 Å². The zero-order valence-corrected chi connectivity index (χ0v) is 9.68. The van der Waals surface area contributed by atoms with Crippen molar-refractivity contribution in [3.8, 4) is 0 Å². The van der Waals surface area contributed by atoms with Gasteiger partial charge in [-0.3, -0.25) is 4.79 Å². The monoisotopic (exact) mass is 186 g/mol. The van der Waals surface area contributed by atoms with Gasteiger partial charge in [0.1, 0.15) is 0 Å². The first-order valence-corrected chi connectivity index (χ1v) is 4.97. The first-order valence-electron chi connectivity index (χ1n) is 4.97. The van der Waals surface area contributed by atoms with E-state index in [4.69, 9.17) is 4.74 Å². The molecule has 0 rings (SSSR count). The van der Waals surface area contributed by atoms with Crippen molar-refractivity contribution in [2.75, 3.05) is 6.61 Å². The summed E-state index contributed by atoms with van der Waals surface area (Å²) >= 11 is 0. The Hall–Kier alpha value is -0.530. The number of rotatable bonds is 3. The number of hydrogen-bond donors (Lipinski definition) is 0. The van der Waals surface area contributed by atoms with Gasteiger partial charge in [-0.15, -0.1) is 0 Å². The number of carbonyl (C=O) groups excluding carboxylic acids is 1. The zero-order valence-electron chi connectivity index (χ0n) is 9.68. The molecule has 0 saturated carbocycles. The van der Waals surface area contributed by atoms with Crippen LogP contribution in [0.25, 0.3) is 0 Å². The minimum absolute atomic E-state index is 0.0139. The summed E-state index contributed by atoms with van der Waals surface area (Å²) in [5.41, 5.74) is 0.159. The van der Waals surface area contributed by atoms with Crippen LogP contribution in [0.2, 0.25) is 0 Å². The van der Waals surface area contributed by atoms with Crippen LogP contribution >= 0.6 is 0 Å². The van der Waals surface area contributed by atoms with E-state index in [2.05, 4.69) is 27.7 Å². The summed E-state index contributed by atoms with van der Waals surface area (Å²) in [6.45, 7) is 12.8. The van der Waals surface area contributed by atoms with Crippen molar-refractivity contribution in [2.45, 2.75) is 41.5 Å². The van der Waals surface area contributed by atoms with E-state index in [0.29, 0.717) is 12.5 Å². The van der Waals surface area contributed by atoms with Crippen LogP contribution in [0.4, 0.5) is 0 Å². The lowest BCUT2D eigenvalue weighted by molar-refractivity contribution is -0.150. The predicted octanol–water partition coefficient (Wildman–Crippen LogP) is 2.87. The highest BCUT2D eigenvalue weighted by molar-refractivity contribution is 5.72. The van der Waals surface area contributed by atoms with Gasteiger partial charge in [-0.25, -0.2) is 0 Å². The minimum Gasteiger partial charge on any atom is -0.466 e. The molecule has 0 aromatic heterocycles. The van der Waals surface area contributed by atoms with E-state index < -0.39 is 0 Å². The Bertz CT molecular complexity index is 167. The molecular weight excluding hydrogens is 164 g/mol. The number of ether oxygens (including phenoxy) is 1. The molecule has 0 radical (unpaired) electrons. The van der Waals surface area contributed by atoms with Crippen LogP contribution in [0.1, 0.15) is 41.5 Å². The molecular formula is C11H22O2. The Kier molecular flexibility index (Phi) is 4.45. The highest BCUT2D eigenvalue weighted by Crippen LogP contribution is 2.31. The molecule has 0 saturated heterocycles. The molecule has 0 aliphatic carbocycles. The van der Waals surface area contributed by atoms with E-state index >= 15 is 0 Å². The fraction of sp³-hybridized carbons (Fsp3) is 0.909. The second-order valence-electron chi connectivity index (χ2n) is 4.70. The summed E-state index contributed by atoms with van der Waals surface area (Å²) in [6.07, 6.45) is 0. The van der Waals surface area contributed by atoms with Crippen molar-refractivity contribution >= 4 is 5.97 Å². The third-order valence-electron chi connectivity index (χ3n) is 2.77. The average Bonchev–Trinajstić information content (AvgIpc) is 2.00. The Morgan fingerprint density at radius 1 is 1.31 bits per heavy atom. The lowest BCUT2D eigenvalue weighted by Crippen LogP contribution is -2.30. The Morgan fingerprint density at radius 3 is 2.08 bits per heavy atom. The average molecular weight is 186 g/mol. The number of carbonyl (C=O) groups is 1. The quantitative estimate of drug-likeness (QED) is 0.633. The molecule has 0 N–H and O–H groups in total. The van der Waals surface area contributed by atoms with Gasteiger partial charge in [0.15, 0.2) is 0 Å². The number of esters is 1. The maximum Gasteiger partial charge on any atom is 0.308 e. The standard InChI is InChI=1S/C11H22O2/c1-7-13-10(12)8(2)9(3)11(4,5)6/h8-9H,7H2,1-6H3/t8-,9+/m0/s1. The van der Waals surface area contributed by atoms with E-state index in [1.165, 1.54) is 0 Å². The van der Waals surface area contributed by atoms with Crippen LogP contribution in [-0.2, 0) is 9.53 Å². The van der Waals surface area contributed by atoms with E-state index in [-0.39, 0.29) is 17.3 Å². The van der Waals surface area contributed by atoms with Gasteiger partial charge in [-0.2, -0.15) is 0 Å². The van der Waals surface area contributed by atoms with Crippen molar-refractivity contribution in [3.63, 3.8) is 0 Å². The van der Waals surface area contributed by atoms with E-state index in [1.807, 2.05) is 13.8 Å². The molecule has 13 heavy (non-hydrogen) atoms. The fourth-order valence-electron chi connectivity index (χ4n) is 1.23. The van der Waals surface area contributed by atoms with Crippen molar-refractivity contribution in [3.05, 3.63) is 0 Å². The normalized spacial score (nSPS) is 16.5. The molecule has 0 bridgehead atoms. The van der Waals surface area contributed by atoms with Gasteiger partial charge in [0, 0.05) is 0 Å². The summed E-state index contributed by atoms with van der Waals surface area (Å²) in [5, 5.41) is 0. The molecule has 0 heterocycles. The van der Waals surface area contributed by atoms with Crippen LogP contribution in [0.15, 0.2) is 0 Å². The SMILES string of the molecule is CCOC(=O)[C@@H](C)[C@@H](C)C(C)(C)C.